The number of carbonyl (C=O) groups excluding carboxylic acids is 1. The Balaban J connectivity index is 1.47. The molecule has 0 spiro atoms. The molecule has 5 aromatic carbocycles. The number of ether oxygens (including phenoxy) is 1. The minimum absolute atomic E-state index is 0.00422. The minimum Gasteiger partial charge on any atom is -0.445 e. The largest absolute Gasteiger partial charge is 0.457 e. The van der Waals surface area contributed by atoms with Crippen LogP contribution in [0.1, 0.15) is 28.6 Å². The lowest BCUT2D eigenvalue weighted by Gasteiger charge is -2.28. The highest BCUT2D eigenvalue weighted by Crippen LogP contribution is 2.59. The molecule has 9 heteroatoms. The summed E-state index contributed by atoms with van der Waals surface area (Å²) in [7, 11) is -4.20. The molecule has 5 N–H and O–H groups in total. The first-order valence-electron chi connectivity index (χ1n) is 13.0. The number of benzene rings is 5. The molecule has 0 bridgehead atoms. The summed E-state index contributed by atoms with van der Waals surface area (Å²) < 4.78 is 32.4. The van der Waals surface area contributed by atoms with Crippen molar-refractivity contribution in [3.8, 4) is 11.5 Å². The Morgan fingerprint density at radius 3 is 1.83 bits per heavy atom. The second kappa shape index (κ2) is 12.7. The van der Waals surface area contributed by atoms with Crippen molar-refractivity contribution in [2.45, 2.75) is 18.6 Å². The van der Waals surface area contributed by atoms with Crippen LogP contribution in [0.25, 0.3) is 10.8 Å². The van der Waals surface area contributed by atoms with E-state index in [0.29, 0.717) is 22.6 Å². The quantitative estimate of drug-likeness (QED) is 0.122. The van der Waals surface area contributed by atoms with E-state index in [9.17, 15) is 9.36 Å². The summed E-state index contributed by atoms with van der Waals surface area (Å²) in [5.74, 6) is -0.627. The molecule has 0 aliphatic carbocycles. The second-order valence-electron chi connectivity index (χ2n) is 9.30. The lowest BCUT2D eigenvalue weighted by molar-refractivity contribution is 0.137. The van der Waals surface area contributed by atoms with Gasteiger partial charge in [0.05, 0.1) is 6.17 Å². The summed E-state index contributed by atoms with van der Waals surface area (Å²) in [6.07, 6.45) is -1.50. The lowest BCUT2D eigenvalue weighted by Crippen LogP contribution is -2.31. The molecule has 208 valence electrons. The van der Waals surface area contributed by atoms with Gasteiger partial charge in [-0.05, 0) is 51.7 Å². The third-order valence-electron chi connectivity index (χ3n) is 6.40. The summed E-state index contributed by atoms with van der Waals surface area (Å²) >= 11 is 0. The van der Waals surface area contributed by atoms with Crippen molar-refractivity contribution in [3.05, 3.63) is 144 Å². The molecular formula is C32H30N3O5P. The van der Waals surface area contributed by atoms with E-state index in [1.54, 1.807) is 72.8 Å². The Labute approximate surface area is 238 Å². The summed E-state index contributed by atoms with van der Waals surface area (Å²) in [5.41, 5.74) is 13.6. The van der Waals surface area contributed by atoms with Crippen molar-refractivity contribution in [3.63, 3.8) is 0 Å². The van der Waals surface area contributed by atoms with E-state index in [4.69, 9.17) is 25.3 Å². The zero-order valence-corrected chi connectivity index (χ0v) is 23.0. The smallest absolute Gasteiger partial charge is 0.445 e. The first-order chi connectivity index (χ1) is 19.9. The molecule has 41 heavy (non-hydrogen) atoms. The highest BCUT2D eigenvalue weighted by atomic mass is 31.2. The zero-order chi connectivity index (χ0) is 28.7. The van der Waals surface area contributed by atoms with Gasteiger partial charge in [-0.1, -0.05) is 103 Å². The van der Waals surface area contributed by atoms with Gasteiger partial charge in [0, 0.05) is 0 Å². The van der Waals surface area contributed by atoms with Gasteiger partial charge in [-0.25, -0.2) is 9.36 Å². The lowest BCUT2D eigenvalue weighted by atomic mass is 10.1. The van der Waals surface area contributed by atoms with Crippen LogP contribution < -0.4 is 25.8 Å². The van der Waals surface area contributed by atoms with E-state index in [1.807, 2.05) is 54.6 Å². The first kappa shape index (κ1) is 27.9. The molecule has 5 rings (SSSR count). The Morgan fingerprint density at radius 1 is 0.683 bits per heavy atom. The van der Waals surface area contributed by atoms with Crippen molar-refractivity contribution in [1.29, 1.82) is 0 Å². The SMILES string of the molecule is NC(N)c1ccc(C(NC(=O)OCc2cccc3ccccc23)P(=O)(Oc2ccccc2)Oc2ccccc2)cc1. The van der Waals surface area contributed by atoms with Gasteiger partial charge in [0.2, 0.25) is 0 Å². The maximum Gasteiger partial charge on any atom is 0.457 e. The van der Waals surface area contributed by atoms with E-state index >= 15 is 0 Å². The van der Waals surface area contributed by atoms with E-state index in [0.717, 1.165) is 16.3 Å². The predicted octanol–water partition coefficient (Wildman–Crippen LogP) is 7.03. The molecule has 0 aliphatic heterocycles. The van der Waals surface area contributed by atoms with Gasteiger partial charge in [0.1, 0.15) is 18.1 Å². The molecule has 0 saturated carbocycles. The number of nitrogens with one attached hydrogen (secondary N) is 1. The molecule has 5 aromatic rings. The summed E-state index contributed by atoms with van der Waals surface area (Å²) in [5, 5.41) is 4.75. The second-order valence-corrected chi connectivity index (χ2v) is 11.3. The van der Waals surface area contributed by atoms with Crippen LogP contribution in [0.4, 0.5) is 4.79 Å². The number of carbonyl (C=O) groups is 1. The van der Waals surface area contributed by atoms with Gasteiger partial charge in [0.25, 0.3) is 0 Å². The summed E-state index contributed by atoms with van der Waals surface area (Å²) in [6.45, 7) is 0.00422. The van der Waals surface area contributed by atoms with Crippen molar-refractivity contribution in [1.82, 2.24) is 5.32 Å². The van der Waals surface area contributed by atoms with Crippen LogP contribution in [0.2, 0.25) is 0 Å². The highest BCUT2D eigenvalue weighted by molar-refractivity contribution is 7.55. The van der Waals surface area contributed by atoms with Crippen LogP contribution in [-0.4, -0.2) is 6.09 Å². The van der Waals surface area contributed by atoms with Gasteiger partial charge in [0.15, 0.2) is 5.78 Å². The van der Waals surface area contributed by atoms with Crippen molar-refractivity contribution >= 4 is 24.5 Å². The molecule has 0 radical (unpaired) electrons. The van der Waals surface area contributed by atoms with Crippen LogP contribution in [-0.2, 0) is 15.9 Å². The van der Waals surface area contributed by atoms with E-state index in [-0.39, 0.29) is 6.61 Å². The molecule has 1 amide bonds. The molecule has 0 saturated heterocycles. The Morgan fingerprint density at radius 2 is 1.22 bits per heavy atom. The van der Waals surface area contributed by atoms with Crippen LogP contribution in [0.3, 0.4) is 0 Å². The van der Waals surface area contributed by atoms with E-state index in [1.165, 1.54) is 0 Å². The van der Waals surface area contributed by atoms with E-state index in [2.05, 4.69) is 5.32 Å². The van der Waals surface area contributed by atoms with Crippen molar-refractivity contribution in [2.75, 3.05) is 0 Å². The average Bonchev–Trinajstić information content (AvgIpc) is 2.99. The van der Waals surface area contributed by atoms with Crippen LogP contribution in [0.5, 0.6) is 11.5 Å². The maximum absolute atomic E-state index is 14.7. The van der Waals surface area contributed by atoms with Gasteiger partial charge in [-0.15, -0.1) is 0 Å². The molecule has 0 aliphatic rings. The highest BCUT2D eigenvalue weighted by Gasteiger charge is 2.42. The number of para-hydroxylation sites is 2. The van der Waals surface area contributed by atoms with Gasteiger partial charge in [-0.3, -0.25) is 0 Å². The normalized spacial score (nSPS) is 12.1. The van der Waals surface area contributed by atoms with Gasteiger partial charge in [-0.2, -0.15) is 0 Å². The first-order valence-corrected chi connectivity index (χ1v) is 14.6. The van der Waals surface area contributed by atoms with Crippen molar-refractivity contribution < 1.29 is 23.1 Å². The van der Waals surface area contributed by atoms with Gasteiger partial charge >= 0.3 is 13.7 Å². The molecule has 1 atom stereocenters. The summed E-state index contributed by atoms with van der Waals surface area (Å²) in [4.78, 5) is 13.3. The fourth-order valence-electron chi connectivity index (χ4n) is 4.34. The number of alkyl carbamates (subject to hydrolysis) is 1. The van der Waals surface area contributed by atoms with Crippen LogP contribution in [0.15, 0.2) is 127 Å². The Hall–Kier alpha value is -4.62. The van der Waals surface area contributed by atoms with E-state index < -0.39 is 25.6 Å². The summed E-state index contributed by atoms with van der Waals surface area (Å²) in [6, 6.07) is 37.6. The van der Waals surface area contributed by atoms with Crippen LogP contribution >= 0.6 is 7.60 Å². The third-order valence-corrected chi connectivity index (χ3v) is 8.39. The number of hydrogen-bond donors (Lipinski definition) is 3. The fourth-order valence-corrected chi connectivity index (χ4v) is 6.22. The number of rotatable bonds is 10. The molecule has 0 fully saturated rings. The molecule has 0 aromatic heterocycles. The Bertz CT molecular complexity index is 1600. The number of nitrogens with two attached hydrogens (primary N) is 2. The predicted molar refractivity (Wildman–Crippen MR) is 159 cm³/mol. The average molecular weight is 568 g/mol. The molecule has 8 nitrogen and oxygen atoms in total. The Kier molecular flexibility index (Phi) is 8.65. The number of hydrogen-bond acceptors (Lipinski definition) is 7. The topological polar surface area (TPSA) is 126 Å². The zero-order valence-electron chi connectivity index (χ0n) is 22.1. The minimum atomic E-state index is -4.20. The van der Waals surface area contributed by atoms with Crippen LogP contribution in [0, 0.1) is 0 Å². The molecular weight excluding hydrogens is 537 g/mol. The fraction of sp³-hybridized carbons (Fsp3) is 0.0938. The number of fused-ring (bicyclic) bond motifs is 1. The number of amides is 1. The third kappa shape index (κ3) is 6.94. The maximum atomic E-state index is 14.7. The van der Waals surface area contributed by atoms with Gasteiger partial charge < -0.3 is 30.6 Å². The monoisotopic (exact) mass is 567 g/mol. The standard InChI is InChI=1S/C32H30N3O5P/c33-30(34)24-18-20-25(21-19-24)31(35-32(36)38-22-26-12-9-11-23-10-7-8-17-29(23)26)41(37,39-27-13-3-1-4-14-27)40-28-15-5-2-6-16-28/h1-21,30-31H,22,33-34H2,(H,35,36). The molecule has 0 heterocycles. The van der Waals surface area contributed by atoms with Crippen molar-refractivity contribution in [2.24, 2.45) is 11.5 Å². The molecule has 1 unspecified atom stereocenters.